The quantitative estimate of drug-likeness (QED) is 0.368. The van der Waals surface area contributed by atoms with E-state index in [4.69, 9.17) is 9.47 Å². The molecule has 0 heterocycles. The number of unbranched alkanes of at least 4 members (excludes halogenated alkanes) is 2. The average molecular weight is 369 g/mol. The van der Waals surface area contributed by atoms with Gasteiger partial charge in [0.15, 0.2) is 0 Å². The normalized spacial score (nSPS) is 21.9. The summed E-state index contributed by atoms with van der Waals surface area (Å²) in [6, 6.07) is 0. The van der Waals surface area contributed by atoms with E-state index in [0.29, 0.717) is 18.9 Å². The highest BCUT2D eigenvalue weighted by atomic mass is 16.6. The van der Waals surface area contributed by atoms with E-state index in [2.05, 4.69) is 13.8 Å². The Morgan fingerprint density at radius 2 is 1.62 bits per heavy atom. The largest absolute Gasteiger partial charge is 0.465 e. The van der Waals surface area contributed by atoms with Crippen LogP contribution < -0.4 is 0 Å². The van der Waals surface area contributed by atoms with E-state index in [0.717, 1.165) is 38.5 Å². The van der Waals surface area contributed by atoms with Gasteiger partial charge in [-0.1, -0.05) is 46.0 Å². The first-order chi connectivity index (χ1) is 12.3. The van der Waals surface area contributed by atoms with Crippen molar-refractivity contribution in [1.29, 1.82) is 0 Å². The smallest absolute Gasteiger partial charge is 0.309 e. The number of esters is 2. The molecule has 1 rings (SSSR count). The Hall–Kier alpha value is -1.06. The molecular weight excluding hydrogens is 328 g/mol. The number of ether oxygens (including phenoxy) is 2. The molecule has 1 saturated carbocycles. The molecule has 1 aliphatic carbocycles. The second-order valence-electron chi connectivity index (χ2n) is 8.87. The number of hydrogen-bond donors (Lipinski definition) is 0. The number of hydrogen-bond acceptors (Lipinski definition) is 4. The third-order valence-corrected chi connectivity index (χ3v) is 5.12. The first-order valence-corrected chi connectivity index (χ1v) is 10.7. The van der Waals surface area contributed by atoms with E-state index in [9.17, 15) is 9.59 Å². The fraction of sp³-hybridized carbons (Fsp3) is 0.909. The van der Waals surface area contributed by atoms with Gasteiger partial charge in [0.2, 0.25) is 0 Å². The van der Waals surface area contributed by atoms with Crippen molar-refractivity contribution in [3.63, 3.8) is 0 Å². The highest BCUT2D eigenvalue weighted by Crippen LogP contribution is 2.32. The van der Waals surface area contributed by atoms with Crippen molar-refractivity contribution in [3.8, 4) is 0 Å². The highest BCUT2D eigenvalue weighted by molar-refractivity contribution is 5.76. The lowest BCUT2D eigenvalue weighted by Crippen LogP contribution is -2.34. The first kappa shape index (κ1) is 23.0. The van der Waals surface area contributed by atoms with Crippen molar-refractivity contribution in [2.75, 3.05) is 6.61 Å². The van der Waals surface area contributed by atoms with Gasteiger partial charge in [-0.2, -0.15) is 0 Å². The van der Waals surface area contributed by atoms with Crippen LogP contribution in [0.25, 0.3) is 0 Å². The second kappa shape index (κ2) is 11.6. The maximum atomic E-state index is 12.5. The summed E-state index contributed by atoms with van der Waals surface area (Å²) in [6.45, 7) is 10.6. The SMILES string of the molecule is CCCCCC(CCC)COC(=O)C1CCCC(C(=O)OC(C)(C)C)C1. The molecule has 3 unspecified atom stereocenters. The lowest BCUT2D eigenvalue weighted by molar-refractivity contribution is -0.163. The lowest BCUT2D eigenvalue weighted by Gasteiger charge is -2.29. The van der Waals surface area contributed by atoms with Crippen molar-refractivity contribution in [3.05, 3.63) is 0 Å². The van der Waals surface area contributed by atoms with Gasteiger partial charge in [0, 0.05) is 0 Å². The zero-order valence-electron chi connectivity index (χ0n) is 17.6. The molecule has 0 aromatic rings. The van der Waals surface area contributed by atoms with Gasteiger partial charge in [-0.25, -0.2) is 0 Å². The molecule has 0 aromatic heterocycles. The monoisotopic (exact) mass is 368 g/mol. The van der Waals surface area contributed by atoms with Crippen molar-refractivity contribution in [2.45, 2.75) is 104 Å². The van der Waals surface area contributed by atoms with E-state index < -0.39 is 5.60 Å². The summed E-state index contributed by atoms with van der Waals surface area (Å²) < 4.78 is 11.2. The molecule has 0 amide bonds. The fourth-order valence-electron chi connectivity index (χ4n) is 3.72. The summed E-state index contributed by atoms with van der Waals surface area (Å²) in [5.74, 6) is -0.135. The molecule has 4 nitrogen and oxygen atoms in total. The topological polar surface area (TPSA) is 52.6 Å². The van der Waals surface area contributed by atoms with E-state index in [-0.39, 0.29) is 23.8 Å². The molecule has 0 saturated heterocycles. The van der Waals surface area contributed by atoms with E-state index in [1.54, 1.807) is 0 Å². The summed E-state index contributed by atoms with van der Waals surface area (Å²) >= 11 is 0. The highest BCUT2D eigenvalue weighted by Gasteiger charge is 2.34. The van der Waals surface area contributed by atoms with Crippen LogP contribution in [0.1, 0.15) is 98.8 Å². The molecule has 0 radical (unpaired) electrons. The van der Waals surface area contributed by atoms with Crippen molar-refractivity contribution >= 4 is 11.9 Å². The van der Waals surface area contributed by atoms with Gasteiger partial charge < -0.3 is 9.47 Å². The Morgan fingerprint density at radius 1 is 0.962 bits per heavy atom. The van der Waals surface area contributed by atoms with Crippen LogP contribution >= 0.6 is 0 Å². The summed E-state index contributed by atoms with van der Waals surface area (Å²) in [7, 11) is 0. The molecule has 0 spiro atoms. The Morgan fingerprint density at radius 3 is 2.19 bits per heavy atom. The zero-order chi connectivity index (χ0) is 19.6. The van der Waals surface area contributed by atoms with Crippen LogP contribution in [0.2, 0.25) is 0 Å². The van der Waals surface area contributed by atoms with Crippen LogP contribution in [-0.4, -0.2) is 24.1 Å². The Balaban J connectivity index is 2.46. The number of rotatable bonds is 10. The van der Waals surface area contributed by atoms with Gasteiger partial charge in [-0.3, -0.25) is 9.59 Å². The second-order valence-corrected chi connectivity index (χ2v) is 8.87. The predicted molar refractivity (Wildman–Crippen MR) is 105 cm³/mol. The molecule has 4 heteroatoms. The van der Waals surface area contributed by atoms with E-state index in [1.165, 1.54) is 19.3 Å². The maximum absolute atomic E-state index is 12.5. The van der Waals surface area contributed by atoms with Crippen molar-refractivity contribution < 1.29 is 19.1 Å². The molecule has 0 bridgehead atoms. The molecule has 152 valence electrons. The van der Waals surface area contributed by atoms with Gasteiger partial charge in [0.05, 0.1) is 18.4 Å². The molecule has 3 atom stereocenters. The van der Waals surface area contributed by atoms with Crippen LogP contribution in [0.4, 0.5) is 0 Å². The number of carbonyl (C=O) groups is 2. The van der Waals surface area contributed by atoms with Crippen LogP contribution in [0.5, 0.6) is 0 Å². The maximum Gasteiger partial charge on any atom is 0.309 e. The van der Waals surface area contributed by atoms with Crippen LogP contribution in [0.15, 0.2) is 0 Å². The van der Waals surface area contributed by atoms with Gasteiger partial charge >= 0.3 is 11.9 Å². The molecule has 26 heavy (non-hydrogen) atoms. The first-order valence-electron chi connectivity index (χ1n) is 10.7. The fourth-order valence-corrected chi connectivity index (χ4v) is 3.72. The van der Waals surface area contributed by atoms with Crippen LogP contribution in [0, 0.1) is 17.8 Å². The third-order valence-electron chi connectivity index (χ3n) is 5.12. The van der Waals surface area contributed by atoms with Gasteiger partial charge in [0.25, 0.3) is 0 Å². The zero-order valence-corrected chi connectivity index (χ0v) is 17.6. The summed E-state index contributed by atoms with van der Waals surface area (Å²) in [4.78, 5) is 24.8. The Labute approximate surface area is 160 Å². The minimum absolute atomic E-state index is 0.116. The lowest BCUT2D eigenvalue weighted by atomic mass is 9.81. The Bertz CT molecular complexity index is 424. The molecular formula is C22H40O4. The predicted octanol–water partition coefficient (Wildman–Crippen LogP) is 5.67. The van der Waals surface area contributed by atoms with Crippen molar-refractivity contribution in [2.24, 2.45) is 17.8 Å². The van der Waals surface area contributed by atoms with E-state index in [1.807, 2.05) is 20.8 Å². The summed E-state index contributed by atoms with van der Waals surface area (Å²) in [5.41, 5.74) is -0.476. The summed E-state index contributed by atoms with van der Waals surface area (Å²) in [6.07, 6.45) is 10.1. The molecule has 0 aliphatic heterocycles. The molecule has 0 N–H and O–H groups in total. The van der Waals surface area contributed by atoms with Gasteiger partial charge in [-0.15, -0.1) is 0 Å². The minimum atomic E-state index is -0.476. The Kier molecular flexibility index (Phi) is 10.3. The van der Waals surface area contributed by atoms with Gasteiger partial charge in [0.1, 0.15) is 5.60 Å². The van der Waals surface area contributed by atoms with E-state index >= 15 is 0 Å². The van der Waals surface area contributed by atoms with Crippen molar-refractivity contribution in [1.82, 2.24) is 0 Å². The van der Waals surface area contributed by atoms with Crippen LogP contribution in [0.3, 0.4) is 0 Å². The summed E-state index contributed by atoms with van der Waals surface area (Å²) in [5, 5.41) is 0. The van der Waals surface area contributed by atoms with Crippen LogP contribution in [-0.2, 0) is 19.1 Å². The average Bonchev–Trinajstić information content (AvgIpc) is 2.58. The molecule has 0 aromatic carbocycles. The third kappa shape index (κ3) is 9.05. The molecule has 1 aliphatic rings. The minimum Gasteiger partial charge on any atom is -0.465 e. The standard InChI is InChI=1S/C22H40O4/c1-6-8-9-12-17(11-7-2)16-25-20(23)18-13-10-14-19(15-18)21(24)26-22(3,4)5/h17-19H,6-16H2,1-5H3. The number of carbonyl (C=O) groups excluding carboxylic acids is 2. The molecule has 1 fully saturated rings. The van der Waals surface area contributed by atoms with Gasteiger partial charge in [-0.05, 0) is 58.8 Å².